The normalized spacial score (nSPS) is 19.4. The van der Waals surface area contributed by atoms with Crippen LogP contribution in [0.3, 0.4) is 0 Å². The van der Waals surface area contributed by atoms with E-state index < -0.39 is 5.60 Å². The molecule has 1 aliphatic rings. The van der Waals surface area contributed by atoms with Crippen LogP contribution in [0.25, 0.3) is 0 Å². The van der Waals surface area contributed by atoms with Gasteiger partial charge in [0, 0.05) is 19.0 Å². The second kappa shape index (κ2) is 5.78. The van der Waals surface area contributed by atoms with Gasteiger partial charge in [-0.05, 0) is 33.6 Å². The van der Waals surface area contributed by atoms with Gasteiger partial charge in [-0.25, -0.2) is 4.79 Å². The largest absolute Gasteiger partial charge is 0.444 e. The van der Waals surface area contributed by atoms with Crippen LogP contribution in [0.15, 0.2) is 4.52 Å². The average Bonchev–Trinajstić information content (AvgIpc) is 2.96. The first-order chi connectivity index (χ1) is 9.39. The number of carbonyl (C=O) groups excluding carboxylic acids is 1. The number of nitrogens with two attached hydrogens (primary N) is 1. The van der Waals surface area contributed by atoms with Crippen LogP contribution in [0.4, 0.5) is 4.79 Å². The van der Waals surface area contributed by atoms with Crippen LogP contribution in [0.1, 0.15) is 45.3 Å². The minimum atomic E-state index is -0.485. The zero-order chi connectivity index (χ0) is 14.8. The van der Waals surface area contributed by atoms with E-state index >= 15 is 0 Å². The Morgan fingerprint density at radius 3 is 2.90 bits per heavy atom. The van der Waals surface area contributed by atoms with Crippen LogP contribution in [0, 0.1) is 0 Å². The Morgan fingerprint density at radius 2 is 2.30 bits per heavy atom. The third-order valence-corrected chi connectivity index (χ3v) is 3.11. The van der Waals surface area contributed by atoms with Gasteiger partial charge in [0.2, 0.25) is 5.89 Å². The molecule has 1 unspecified atom stereocenters. The molecule has 0 aromatic carbocycles. The van der Waals surface area contributed by atoms with Crippen LogP contribution in [-0.2, 0) is 17.7 Å². The molecule has 1 amide bonds. The predicted octanol–water partition coefficient (Wildman–Crippen LogP) is 1.47. The summed E-state index contributed by atoms with van der Waals surface area (Å²) in [6.07, 6.45) is 2.15. The van der Waals surface area contributed by atoms with Crippen LogP contribution in [-0.4, -0.2) is 39.3 Å². The Labute approximate surface area is 118 Å². The quantitative estimate of drug-likeness (QED) is 0.902. The van der Waals surface area contributed by atoms with Gasteiger partial charge in [0.05, 0.1) is 6.54 Å². The second-order valence-electron chi connectivity index (χ2n) is 5.98. The van der Waals surface area contributed by atoms with Crippen LogP contribution in [0.5, 0.6) is 0 Å². The van der Waals surface area contributed by atoms with Crippen molar-refractivity contribution in [2.24, 2.45) is 5.73 Å². The number of nitrogens with zero attached hydrogens (tertiary/aromatic N) is 3. The van der Waals surface area contributed by atoms with E-state index in [4.69, 9.17) is 15.0 Å². The number of likely N-dealkylation sites (tertiary alicyclic amines) is 1. The lowest BCUT2D eigenvalue weighted by Gasteiger charge is -2.28. The molecule has 0 aliphatic carbocycles. The van der Waals surface area contributed by atoms with Crippen molar-refractivity contribution in [3.8, 4) is 0 Å². The molecule has 1 atom stereocenters. The summed E-state index contributed by atoms with van der Waals surface area (Å²) in [5.41, 5.74) is 4.96. The van der Waals surface area contributed by atoms with Gasteiger partial charge in [0.15, 0.2) is 5.82 Å². The molecule has 0 saturated carbocycles. The fourth-order valence-electron chi connectivity index (χ4n) is 2.27. The van der Waals surface area contributed by atoms with Crippen LogP contribution in [0.2, 0.25) is 0 Å². The van der Waals surface area contributed by atoms with Crippen molar-refractivity contribution in [1.82, 2.24) is 15.0 Å². The average molecular weight is 282 g/mol. The number of rotatable bonds is 3. The smallest absolute Gasteiger partial charge is 0.410 e. The maximum Gasteiger partial charge on any atom is 0.410 e. The SMILES string of the molecule is CC(C)(C)OC(=O)N1CCCC1Cc1nc(CN)no1. The van der Waals surface area contributed by atoms with E-state index in [1.807, 2.05) is 20.8 Å². The molecule has 7 nitrogen and oxygen atoms in total. The summed E-state index contributed by atoms with van der Waals surface area (Å²) in [6.45, 7) is 6.55. The molecule has 7 heteroatoms. The van der Waals surface area contributed by atoms with Crippen molar-refractivity contribution in [2.45, 2.75) is 58.2 Å². The Balaban J connectivity index is 1.98. The molecule has 2 rings (SSSR count). The molecular weight excluding hydrogens is 260 g/mol. The zero-order valence-corrected chi connectivity index (χ0v) is 12.3. The molecule has 0 radical (unpaired) electrons. The van der Waals surface area contributed by atoms with Crippen molar-refractivity contribution in [1.29, 1.82) is 0 Å². The van der Waals surface area contributed by atoms with Gasteiger partial charge < -0.3 is 19.9 Å². The number of amides is 1. The van der Waals surface area contributed by atoms with E-state index in [1.54, 1.807) is 4.90 Å². The highest BCUT2D eigenvalue weighted by Crippen LogP contribution is 2.23. The summed E-state index contributed by atoms with van der Waals surface area (Å²) >= 11 is 0. The lowest BCUT2D eigenvalue weighted by molar-refractivity contribution is 0.0222. The Morgan fingerprint density at radius 1 is 1.55 bits per heavy atom. The molecule has 1 aromatic rings. The number of aromatic nitrogens is 2. The number of hydrogen-bond acceptors (Lipinski definition) is 6. The zero-order valence-electron chi connectivity index (χ0n) is 12.3. The van der Waals surface area contributed by atoms with Crippen LogP contribution < -0.4 is 5.73 Å². The van der Waals surface area contributed by atoms with Gasteiger partial charge in [-0.3, -0.25) is 0 Å². The Hall–Kier alpha value is -1.63. The first-order valence-electron chi connectivity index (χ1n) is 6.90. The molecule has 1 aromatic heterocycles. The van der Waals surface area contributed by atoms with Crippen molar-refractivity contribution in [3.63, 3.8) is 0 Å². The molecule has 0 bridgehead atoms. The molecule has 2 N–H and O–H groups in total. The van der Waals surface area contributed by atoms with Gasteiger partial charge in [-0.1, -0.05) is 5.16 Å². The first-order valence-corrected chi connectivity index (χ1v) is 6.90. The highest BCUT2D eigenvalue weighted by molar-refractivity contribution is 5.69. The van der Waals surface area contributed by atoms with Gasteiger partial charge in [0.25, 0.3) is 0 Å². The molecule has 112 valence electrons. The third-order valence-electron chi connectivity index (χ3n) is 3.11. The van der Waals surface area contributed by atoms with E-state index in [0.29, 0.717) is 24.7 Å². The number of hydrogen-bond donors (Lipinski definition) is 1. The van der Waals surface area contributed by atoms with Crippen molar-refractivity contribution < 1.29 is 14.1 Å². The fraction of sp³-hybridized carbons (Fsp3) is 0.769. The van der Waals surface area contributed by atoms with E-state index in [9.17, 15) is 4.79 Å². The Kier molecular flexibility index (Phi) is 4.27. The number of carbonyl (C=O) groups is 1. The molecule has 0 spiro atoms. The highest BCUT2D eigenvalue weighted by atomic mass is 16.6. The van der Waals surface area contributed by atoms with Crippen molar-refractivity contribution >= 4 is 6.09 Å². The summed E-state index contributed by atoms with van der Waals surface area (Å²) in [5, 5.41) is 3.76. The third kappa shape index (κ3) is 3.69. The lowest BCUT2D eigenvalue weighted by atomic mass is 10.1. The summed E-state index contributed by atoms with van der Waals surface area (Å²) in [5.74, 6) is 1.01. The van der Waals surface area contributed by atoms with Gasteiger partial charge >= 0.3 is 6.09 Å². The van der Waals surface area contributed by atoms with Crippen LogP contribution >= 0.6 is 0 Å². The van der Waals surface area contributed by atoms with E-state index in [0.717, 1.165) is 12.8 Å². The maximum absolute atomic E-state index is 12.1. The van der Waals surface area contributed by atoms with Crippen molar-refractivity contribution in [3.05, 3.63) is 11.7 Å². The van der Waals surface area contributed by atoms with Gasteiger partial charge in [-0.2, -0.15) is 4.98 Å². The first kappa shape index (κ1) is 14.8. The standard InChI is InChI=1S/C13H22N4O3/c1-13(2,3)19-12(18)17-6-4-5-9(17)7-11-15-10(8-14)16-20-11/h9H,4-8,14H2,1-3H3. The van der Waals surface area contributed by atoms with Gasteiger partial charge in [0.1, 0.15) is 5.60 Å². The van der Waals surface area contributed by atoms with Gasteiger partial charge in [-0.15, -0.1) is 0 Å². The minimum Gasteiger partial charge on any atom is -0.444 e. The molecule has 1 saturated heterocycles. The minimum absolute atomic E-state index is 0.0518. The Bertz CT molecular complexity index is 466. The highest BCUT2D eigenvalue weighted by Gasteiger charge is 2.33. The lowest BCUT2D eigenvalue weighted by Crippen LogP contribution is -2.40. The van der Waals surface area contributed by atoms with Crippen molar-refractivity contribution in [2.75, 3.05) is 6.54 Å². The summed E-state index contributed by atoms with van der Waals surface area (Å²) in [4.78, 5) is 18.1. The molecule has 20 heavy (non-hydrogen) atoms. The topological polar surface area (TPSA) is 94.5 Å². The fourth-order valence-corrected chi connectivity index (χ4v) is 2.27. The molecule has 2 heterocycles. The summed E-state index contributed by atoms with van der Waals surface area (Å²) in [7, 11) is 0. The van der Waals surface area contributed by atoms with E-state index in [2.05, 4.69) is 10.1 Å². The molecule has 1 aliphatic heterocycles. The molecule has 1 fully saturated rings. The second-order valence-corrected chi connectivity index (χ2v) is 5.98. The maximum atomic E-state index is 12.1. The molecular formula is C13H22N4O3. The monoisotopic (exact) mass is 282 g/mol. The summed E-state index contributed by atoms with van der Waals surface area (Å²) in [6, 6.07) is 0.0518. The number of ether oxygens (including phenoxy) is 1. The predicted molar refractivity (Wildman–Crippen MR) is 71.9 cm³/mol. The van der Waals surface area contributed by atoms with E-state index in [-0.39, 0.29) is 18.7 Å². The summed E-state index contributed by atoms with van der Waals surface area (Å²) < 4.78 is 10.5. The van der Waals surface area contributed by atoms with E-state index in [1.165, 1.54) is 0 Å².